The average Bonchev–Trinajstić information content (AvgIpc) is 2.19. The number of hydrogen-bond donors (Lipinski definition) is 1. The number of nitrogens with two attached hydrogens (primary N) is 1. The van der Waals surface area contributed by atoms with Crippen molar-refractivity contribution in [3.8, 4) is 11.8 Å². The highest BCUT2D eigenvalue weighted by molar-refractivity contribution is 9.10. The van der Waals surface area contributed by atoms with E-state index in [9.17, 15) is 13.2 Å². The highest BCUT2D eigenvalue weighted by Gasteiger charge is 2.32. The lowest BCUT2D eigenvalue weighted by Crippen LogP contribution is -2.20. The van der Waals surface area contributed by atoms with Crippen LogP contribution < -0.4 is 10.5 Å². The van der Waals surface area contributed by atoms with Gasteiger partial charge >= 0.3 is 6.36 Å². The van der Waals surface area contributed by atoms with Crippen molar-refractivity contribution < 1.29 is 17.9 Å². The highest BCUT2D eigenvalue weighted by Crippen LogP contribution is 2.32. The summed E-state index contributed by atoms with van der Waals surface area (Å²) < 4.78 is 40.8. The molecule has 0 amide bonds. The van der Waals surface area contributed by atoms with Crippen LogP contribution in [-0.2, 0) is 0 Å². The van der Waals surface area contributed by atoms with Gasteiger partial charge in [-0.05, 0) is 18.2 Å². The first kappa shape index (κ1) is 13.8. The zero-order chi connectivity index (χ0) is 13.1. The summed E-state index contributed by atoms with van der Waals surface area (Å²) in [6.45, 7) is 0. The third-order valence-corrected chi connectivity index (χ3v) is 2.40. The van der Waals surface area contributed by atoms with Gasteiger partial charge in [0.15, 0.2) is 0 Å². The SMILES string of the molecule is N#CC[C@@H](N)c1cc(Br)ccc1OC(F)(F)F. The molecule has 1 rings (SSSR count). The summed E-state index contributed by atoms with van der Waals surface area (Å²) in [5.74, 6) is -0.386. The molecule has 0 spiro atoms. The minimum atomic E-state index is -4.78. The monoisotopic (exact) mass is 308 g/mol. The maximum atomic E-state index is 12.1. The predicted octanol–water partition coefficient (Wildman–Crippen LogP) is 3.26. The quantitative estimate of drug-likeness (QED) is 0.932. The molecule has 0 bridgehead atoms. The Morgan fingerprint density at radius 3 is 2.65 bits per heavy atom. The second-order valence-electron chi connectivity index (χ2n) is 3.20. The number of halogens is 4. The summed E-state index contributed by atoms with van der Waals surface area (Å²) in [5.41, 5.74) is 5.74. The molecule has 0 heterocycles. The minimum absolute atomic E-state index is 0.0926. The third kappa shape index (κ3) is 4.24. The van der Waals surface area contributed by atoms with E-state index in [0.717, 1.165) is 6.07 Å². The first-order valence-corrected chi connectivity index (χ1v) is 5.30. The number of nitrogens with zero attached hydrogens (tertiary/aromatic N) is 1. The zero-order valence-corrected chi connectivity index (χ0v) is 10.0. The molecule has 17 heavy (non-hydrogen) atoms. The predicted molar refractivity (Wildman–Crippen MR) is 58.0 cm³/mol. The van der Waals surface area contributed by atoms with E-state index >= 15 is 0 Å². The van der Waals surface area contributed by atoms with Crippen LogP contribution >= 0.6 is 15.9 Å². The van der Waals surface area contributed by atoms with Gasteiger partial charge in [0, 0.05) is 16.1 Å². The molecule has 0 radical (unpaired) electrons. The molecule has 2 N–H and O–H groups in total. The molecule has 1 aromatic rings. The molecule has 3 nitrogen and oxygen atoms in total. The highest BCUT2D eigenvalue weighted by atomic mass is 79.9. The molecule has 0 saturated carbocycles. The van der Waals surface area contributed by atoms with Crippen molar-refractivity contribution in [3.05, 3.63) is 28.2 Å². The van der Waals surface area contributed by atoms with E-state index in [4.69, 9.17) is 11.0 Å². The Hall–Kier alpha value is -1.26. The Bertz CT molecular complexity index is 442. The Morgan fingerprint density at radius 1 is 1.47 bits per heavy atom. The van der Waals surface area contributed by atoms with Gasteiger partial charge in [0.25, 0.3) is 0 Å². The van der Waals surface area contributed by atoms with Gasteiger partial charge in [0.05, 0.1) is 12.5 Å². The van der Waals surface area contributed by atoms with E-state index in [1.165, 1.54) is 12.1 Å². The van der Waals surface area contributed by atoms with Crippen LogP contribution in [0.2, 0.25) is 0 Å². The molecule has 92 valence electrons. The summed E-state index contributed by atoms with van der Waals surface area (Å²) in [6.07, 6.45) is -4.88. The number of benzene rings is 1. The second kappa shape index (κ2) is 5.38. The zero-order valence-electron chi connectivity index (χ0n) is 8.46. The standard InChI is InChI=1S/C10H8BrF3N2O/c11-6-1-2-9(17-10(12,13)14)7(5-6)8(16)3-4-15/h1-2,5,8H,3,16H2/t8-/m1/s1. The fourth-order valence-electron chi connectivity index (χ4n) is 1.24. The van der Waals surface area contributed by atoms with E-state index in [0.29, 0.717) is 4.47 Å². The molecular weight excluding hydrogens is 301 g/mol. The molecule has 1 aromatic carbocycles. The first-order chi connectivity index (χ1) is 7.83. The molecular formula is C10H8BrF3N2O. The van der Waals surface area contributed by atoms with Crippen molar-refractivity contribution in [2.45, 2.75) is 18.8 Å². The van der Waals surface area contributed by atoms with E-state index in [1.807, 2.05) is 0 Å². The van der Waals surface area contributed by atoms with Gasteiger partial charge < -0.3 is 10.5 Å². The van der Waals surface area contributed by atoms with Crippen LogP contribution in [0, 0.1) is 11.3 Å². The minimum Gasteiger partial charge on any atom is -0.405 e. The van der Waals surface area contributed by atoms with Gasteiger partial charge in [-0.25, -0.2) is 0 Å². The van der Waals surface area contributed by atoms with E-state index in [1.54, 1.807) is 6.07 Å². The van der Waals surface area contributed by atoms with Crippen molar-refractivity contribution in [1.82, 2.24) is 0 Å². The average molecular weight is 309 g/mol. The second-order valence-corrected chi connectivity index (χ2v) is 4.11. The van der Waals surface area contributed by atoms with Crippen LogP contribution in [0.1, 0.15) is 18.0 Å². The maximum absolute atomic E-state index is 12.1. The van der Waals surface area contributed by atoms with Gasteiger partial charge in [-0.2, -0.15) is 5.26 Å². The maximum Gasteiger partial charge on any atom is 0.573 e. The van der Waals surface area contributed by atoms with Crippen LogP contribution in [-0.4, -0.2) is 6.36 Å². The molecule has 0 aliphatic heterocycles. The number of alkyl halides is 3. The summed E-state index contributed by atoms with van der Waals surface area (Å²) in [5, 5.41) is 8.49. The van der Waals surface area contributed by atoms with Crippen LogP contribution in [0.15, 0.2) is 22.7 Å². The molecule has 0 saturated heterocycles. The van der Waals surface area contributed by atoms with E-state index < -0.39 is 12.4 Å². The first-order valence-electron chi connectivity index (χ1n) is 4.51. The van der Waals surface area contributed by atoms with Gasteiger partial charge in [-0.15, -0.1) is 13.2 Å². The lowest BCUT2D eigenvalue weighted by Gasteiger charge is -2.16. The molecule has 0 aromatic heterocycles. The van der Waals surface area contributed by atoms with Gasteiger partial charge in [0.1, 0.15) is 5.75 Å². The van der Waals surface area contributed by atoms with Crippen molar-refractivity contribution in [3.63, 3.8) is 0 Å². The Kier molecular flexibility index (Phi) is 4.37. The number of nitriles is 1. The lowest BCUT2D eigenvalue weighted by molar-refractivity contribution is -0.275. The smallest absolute Gasteiger partial charge is 0.405 e. The van der Waals surface area contributed by atoms with Crippen LogP contribution in [0.5, 0.6) is 5.75 Å². The molecule has 0 fully saturated rings. The fourth-order valence-corrected chi connectivity index (χ4v) is 1.61. The Labute approximate surface area is 104 Å². The van der Waals surface area contributed by atoms with Crippen molar-refractivity contribution in [1.29, 1.82) is 5.26 Å². The topological polar surface area (TPSA) is 59.0 Å². The summed E-state index contributed by atoms with van der Waals surface area (Å²) in [4.78, 5) is 0. The van der Waals surface area contributed by atoms with Crippen LogP contribution in [0.3, 0.4) is 0 Å². The molecule has 0 aliphatic rings. The van der Waals surface area contributed by atoms with Crippen molar-refractivity contribution in [2.24, 2.45) is 5.73 Å². The van der Waals surface area contributed by atoms with Crippen molar-refractivity contribution in [2.75, 3.05) is 0 Å². The van der Waals surface area contributed by atoms with Gasteiger partial charge in [0.2, 0.25) is 0 Å². The molecule has 0 unspecified atom stereocenters. The van der Waals surface area contributed by atoms with E-state index in [2.05, 4.69) is 20.7 Å². The fraction of sp³-hybridized carbons (Fsp3) is 0.300. The van der Waals surface area contributed by atoms with Crippen molar-refractivity contribution >= 4 is 15.9 Å². The number of ether oxygens (including phenoxy) is 1. The summed E-state index contributed by atoms with van der Waals surface area (Å²) >= 11 is 3.12. The van der Waals surface area contributed by atoms with E-state index in [-0.39, 0.29) is 17.7 Å². The van der Waals surface area contributed by atoms with Crippen LogP contribution in [0.4, 0.5) is 13.2 Å². The number of rotatable bonds is 3. The number of hydrogen-bond acceptors (Lipinski definition) is 3. The molecule has 0 aliphatic carbocycles. The Morgan fingerprint density at radius 2 is 2.12 bits per heavy atom. The Balaban J connectivity index is 3.08. The summed E-state index contributed by atoms with van der Waals surface area (Å²) in [6, 6.07) is 4.94. The molecule has 1 atom stereocenters. The lowest BCUT2D eigenvalue weighted by atomic mass is 10.0. The van der Waals surface area contributed by atoms with Gasteiger partial charge in [-0.1, -0.05) is 15.9 Å². The third-order valence-electron chi connectivity index (χ3n) is 1.91. The molecule has 7 heteroatoms. The normalized spacial score (nSPS) is 12.9. The van der Waals surface area contributed by atoms with Gasteiger partial charge in [-0.3, -0.25) is 0 Å². The van der Waals surface area contributed by atoms with Crippen LogP contribution in [0.25, 0.3) is 0 Å². The largest absolute Gasteiger partial charge is 0.573 e. The summed E-state index contributed by atoms with van der Waals surface area (Å²) in [7, 11) is 0.